The van der Waals surface area contributed by atoms with Gasteiger partial charge in [0.2, 0.25) is 0 Å². The molecule has 0 heterocycles. The van der Waals surface area contributed by atoms with E-state index >= 15 is 0 Å². The topological polar surface area (TPSA) is 42.5 Å². The number of methoxy groups -OCH3 is 2. The molecule has 0 unspecified atom stereocenters. The maximum Gasteiger partial charge on any atom is 0.171 e. The Morgan fingerprint density at radius 2 is 1.64 bits per heavy atom. The van der Waals surface area contributed by atoms with Gasteiger partial charge < -0.3 is 20.1 Å². The molecular weight excluding hydrogens is 332 g/mol. The fraction of sp³-hybridized carbons (Fsp3) is 0.350. The molecule has 4 nitrogen and oxygen atoms in total. The van der Waals surface area contributed by atoms with E-state index in [0.717, 1.165) is 22.7 Å². The number of nitrogens with one attached hydrogen (secondary N) is 2. The van der Waals surface area contributed by atoms with E-state index in [0.29, 0.717) is 11.0 Å². The highest BCUT2D eigenvalue weighted by molar-refractivity contribution is 7.80. The van der Waals surface area contributed by atoms with Crippen LogP contribution in [0.2, 0.25) is 0 Å². The Hall–Kier alpha value is -2.27. The van der Waals surface area contributed by atoms with Gasteiger partial charge in [0, 0.05) is 11.3 Å². The van der Waals surface area contributed by atoms with Crippen molar-refractivity contribution in [1.29, 1.82) is 0 Å². The van der Waals surface area contributed by atoms with Gasteiger partial charge in [-0.2, -0.15) is 0 Å². The lowest BCUT2D eigenvalue weighted by Crippen LogP contribution is -2.31. The van der Waals surface area contributed by atoms with Gasteiger partial charge in [-0.15, -0.1) is 0 Å². The summed E-state index contributed by atoms with van der Waals surface area (Å²) in [6, 6.07) is 14.0. The van der Waals surface area contributed by atoms with Gasteiger partial charge >= 0.3 is 0 Å². The van der Waals surface area contributed by atoms with E-state index in [9.17, 15) is 0 Å². The Kier molecular flexibility index (Phi) is 6.65. The summed E-state index contributed by atoms with van der Waals surface area (Å²) >= 11 is 5.44. The summed E-state index contributed by atoms with van der Waals surface area (Å²) in [5.74, 6) is 2.09. The maximum atomic E-state index is 5.44. The number of ether oxygens (including phenoxy) is 2. The summed E-state index contributed by atoms with van der Waals surface area (Å²) in [5, 5.41) is 7.08. The van der Waals surface area contributed by atoms with Gasteiger partial charge in [-0.05, 0) is 61.0 Å². The van der Waals surface area contributed by atoms with Crippen LogP contribution in [0, 0.1) is 0 Å². The molecule has 5 heteroatoms. The lowest BCUT2D eigenvalue weighted by molar-refractivity contribution is 0.395. The van der Waals surface area contributed by atoms with Crippen LogP contribution in [0.15, 0.2) is 42.5 Å². The molecule has 1 atom stereocenters. The molecule has 0 spiro atoms. The normalized spacial score (nSPS) is 11.8. The van der Waals surface area contributed by atoms with Crippen LogP contribution in [-0.2, 0) is 0 Å². The van der Waals surface area contributed by atoms with Crippen LogP contribution in [0.5, 0.6) is 11.5 Å². The van der Waals surface area contributed by atoms with Crippen molar-refractivity contribution in [2.24, 2.45) is 0 Å². The van der Waals surface area contributed by atoms with Gasteiger partial charge in [-0.3, -0.25) is 0 Å². The summed E-state index contributed by atoms with van der Waals surface area (Å²) in [6.07, 6.45) is 0. The number of hydrogen-bond donors (Lipinski definition) is 2. The van der Waals surface area contributed by atoms with Crippen molar-refractivity contribution in [3.05, 3.63) is 53.6 Å². The predicted molar refractivity (Wildman–Crippen MR) is 108 cm³/mol. The van der Waals surface area contributed by atoms with Crippen LogP contribution >= 0.6 is 12.2 Å². The van der Waals surface area contributed by atoms with E-state index in [1.54, 1.807) is 14.2 Å². The van der Waals surface area contributed by atoms with Crippen LogP contribution in [0.4, 0.5) is 5.69 Å². The van der Waals surface area contributed by atoms with E-state index < -0.39 is 0 Å². The van der Waals surface area contributed by atoms with E-state index in [-0.39, 0.29) is 6.04 Å². The van der Waals surface area contributed by atoms with Gasteiger partial charge in [0.25, 0.3) is 0 Å². The second kappa shape index (κ2) is 8.72. The first kappa shape index (κ1) is 19.1. The summed E-state index contributed by atoms with van der Waals surface area (Å²) < 4.78 is 10.7. The molecule has 0 fully saturated rings. The highest BCUT2D eigenvalue weighted by atomic mass is 32.1. The monoisotopic (exact) mass is 358 g/mol. The molecule has 0 bridgehead atoms. The average molecular weight is 359 g/mol. The van der Waals surface area contributed by atoms with Gasteiger partial charge in [0.15, 0.2) is 5.11 Å². The first-order valence-electron chi connectivity index (χ1n) is 8.34. The number of rotatable bonds is 6. The molecule has 0 radical (unpaired) electrons. The van der Waals surface area contributed by atoms with Crippen LogP contribution in [-0.4, -0.2) is 19.3 Å². The van der Waals surface area contributed by atoms with E-state index in [2.05, 4.69) is 36.6 Å². The second-order valence-electron chi connectivity index (χ2n) is 6.20. The lowest BCUT2D eigenvalue weighted by atomic mass is 10.0. The first-order valence-corrected chi connectivity index (χ1v) is 8.74. The molecule has 2 aromatic rings. The maximum absolute atomic E-state index is 5.44. The van der Waals surface area contributed by atoms with Crippen LogP contribution in [0.25, 0.3) is 0 Å². The van der Waals surface area contributed by atoms with Crippen molar-refractivity contribution in [3.63, 3.8) is 0 Å². The molecule has 0 saturated carbocycles. The molecule has 0 amide bonds. The molecule has 0 aromatic heterocycles. The van der Waals surface area contributed by atoms with Crippen molar-refractivity contribution in [2.45, 2.75) is 32.7 Å². The van der Waals surface area contributed by atoms with E-state index in [1.807, 2.05) is 37.3 Å². The Bertz CT molecular complexity index is 714. The lowest BCUT2D eigenvalue weighted by Gasteiger charge is -2.20. The minimum Gasteiger partial charge on any atom is -0.497 e. The molecule has 0 aliphatic carbocycles. The van der Waals surface area contributed by atoms with Gasteiger partial charge in [0.05, 0.1) is 20.3 Å². The third-order valence-electron chi connectivity index (χ3n) is 4.09. The molecule has 0 aliphatic heterocycles. The van der Waals surface area contributed by atoms with Crippen LogP contribution in [0.1, 0.15) is 43.9 Å². The second-order valence-corrected chi connectivity index (χ2v) is 6.61. The zero-order valence-corrected chi connectivity index (χ0v) is 16.2. The molecule has 2 N–H and O–H groups in total. The zero-order valence-electron chi connectivity index (χ0n) is 15.4. The highest BCUT2D eigenvalue weighted by Gasteiger charge is 2.14. The smallest absolute Gasteiger partial charge is 0.171 e. The Labute approximate surface area is 155 Å². The highest BCUT2D eigenvalue weighted by Crippen LogP contribution is 2.29. The largest absolute Gasteiger partial charge is 0.497 e. The van der Waals surface area contributed by atoms with E-state index in [4.69, 9.17) is 21.7 Å². The van der Waals surface area contributed by atoms with Gasteiger partial charge in [0.1, 0.15) is 11.5 Å². The molecule has 2 aromatic carbocycles. The van der Waals surface area contributed by atoms with Crippen molar-refractivity contribution in [2.75, 3.05) is 19.5 Å². The van der Waals surface area contributed by atoms with Crippen molar-refractivity contribution < 1.29 is 9.47 Å². The van der Waals surface area contributed by atoms with E-state index in [1.165, 1.54) is 5.56 Å². The zero-order chi connectivity index (χ0) is 18.4. The summed E-state index contributed by atoms with van der Waals surface area (Å²) in [6.45, 7) is 6.39. The molecule has 0 aliphatic rings. The SMILES string of the molecule is COc1ccc(OC)c([C@H](C)NC(=S)Nc2ccc(C(C)C)cc2)c1. The Balaban J connectivity index is 2.04. The number of benzene rings is 2. The summed E-state index contributed by atoms with van der Waals surface area (Å²) in [5.41, 5.74) is 3.26. The molecule has 25 heavy (non-hydrogen) atoms. The first-order chi connectivity index (χ1) is 11.9. The number of hydrogen-bond acceptors (Lipinski definition) is 3. The third kappa shape index (κ3) is 5.10. The summed E-state index contributed by atoms with van der Waals surface area (Å²) in [7, 11) is 3.31. The molecule has 134 valence electrons. The Morgan fingerprint density at radius 1 is 0.960 bits per heavy atom. The fourth-order valence-corrected chi connectivity index (χ4v) is 2.87. The van der Waals surface area contributed by atoms with Crippen LogP contribution in [0.3, 0.4) is 0 Å². The summed E-state index contributed by atoms with van der Waals surface area (Å²) in [4.78, 5) is 0. The van der Waals surface area contributed by atoms with Crippen molar-refractivity contribution in [3.8, 4) is 11.5 Å². The van der Waals surface area contributed by atoms with Crippen molar-refractivity contribution >= 4 is 23.0 Å². The standard InChI is InChI=1S/C20H26N2O2S/c1-13(2)15-6-8-16(9-7-15)22-20(25)21-14(3)18-12-17(23-4)10-11-19(18)24-5/h6-14H,1-5H3,(H2,21,22,25)/t14-/m0/s1. The quantitative estimate of drug-likeness (QED) is 0.721. The van der Waals surface area contributed by atoms with Crippen molar-refractivity contribution in [1.82, 2.24) is 5.32 Å². The number of thiocarbonyl (C=S) groups is 1. The number of anilines is 1. The Morgan fingerprint density at radius 3 is 2.20 bits per heavy atom. The average Bonchev–Trinajstić information content (AvgIpc) is 2.61. The minimum atomic E-state index is -0.0278. The minimum absolute atomic E-state index is 0.0278. The van der Waals surface area contributed by atoms with Gasteiger partial charge in [-0.25, -0.2) is 0 Å². The third-order valence-corrected chi connectivity index (χ3v) is 4.31. The predicted octanol–water partition coefficient (Wildman–Crippen LogP) is 4.87. The molecule has 0 saturated heterocycles. The van der Waals surface area contributed by atoms with Gasteiger partial charge in [-0.1, -0.05) is 26.0 Å². The molecular formula is C20H26N2O2S. The molecule has 2 rings (SSSR count). The fourth-order valence-electron chi connectivity index (χ4n) is 2.57. The van der Waals surface area contributed by atoms with Crippen LogP contribution < -0.4 is 20.1 Å².